The van der Waals surface area contributed by atoms with Gasteiger partial charge in [-0.05, 0) is 132 Å². The molecule has 2 fully saturated rings. The van der Waals surface area contributed by atoms with Crippen LogP contribution in [0.2, 0.25) is 0 Å². The quantitative estimate of drug-likeness (QED) is 0.139. The highest BCUT2D eigenvalue weighted by atomic mass is 16.3. The van der Waals surface area contributed by atoms with Crippen LogP contribution in [-0.2, 0) is 0 Å². The van der Waals surface area contributed by atoms with Crippen LogP contribution in [0.5, 0.6) is 0 Å². The van der Waals surface area contributed by atoms with E-state index in [2.05, 4.69) is 147 Å². The minimum atomic E-state index is 0.657. The number of hydrogen-bond donors (Lipinski definition) is 0. The summed E-state index contributed by atoms with van der Waals surface area (Å²) in [7, 11) is 0. The van der Waals surface area contributed by atoms with E-state index in [1.165, 1.54) is 98.9 Å². The maximum Gasteiger partial charge on any atom is 0.143 e. The Hall–Kier alpha value is -5.34. The van der Waals surface area contributed by atoms with Crippen molar-refractivity contribution in [2.24, 2.45) is 11.8 Å². The first kappa shape index (κ1) is 37.0. The van der Waals surface area contributed by atoms with Gasteiger partial charge in [0.2, 0.25) is 0 Å². The van der Waals surface area contributed by atoms with Gasteiger partial charge in [0.05, 0.1) is 0 Å². The van der Waals surface area contributed by atoms with Gasteiger partial charge in [0.15, 0.2) is 0 Å². The maximum atomic E-state index is 6.93. The summed E-state index contributed by atoms with van der Waals surface area (Å²) in [6.07, 6.45) is 16.0. The molecule has 0 spiro atoms. The zero-order valence-corrected chi connectivity index (χ0v) is 34.3. The Labute approximate surface area is 344 Å². The second-order valence-electron chi connectivity index (χ2n) is 17.6. The van der Waals surface area contributed by atoms with E-state index in [-0.39, 0.29) is 0 Å². The summed E-state index contributed by atoms with van der Waals surface area (Å²) in [5.74, 6) is 5.00. The molecular formula is C56H56O2. The van der Waals surface area contributed by atoms with Gasteiger partial charge in [-0.3, -0.25) is 0 Å². The molecule has 292 valence electrons. The summed E-state index contributed by atoms with van der Waals surface area (Å²) < 4.78 is 13.9. The predicted molar refractivity (Wildman–Crippen MR) is 244 cm³/mol. The van der Waals surface area contributed by atoms with Crippen molar-refractivity contribution >= 4 is 32.7 Å². The topological polar surface area (TPSA) is 26.3 Å². The monoisotopic (exact) mass is 760 g/mol. The van der Waals surface area contributed by atoms with E-state index in [1.807, 2.05) is 0 Å². The molecule has 0 atom stereocenters. The Kier molecular flexibility index (Phi) is 10.3. The molecule has 2 aliphatic rings. The molecule has 2 heteroatoms. The summed E-state index contributed by atoms with van der Waals surface area (Å²) in [5.41, 5.74) is 11.6. The van der Waals surface area contributed by atoms with Gasteiger partial charge in [-0.25, -0.2) is 0 Å². The molecule has 2 saturated carbocycles. The Morgan fingerprint density at radius 1 is 0.397 bits per heavy atom. The molecule has 0 unspecified atom stereocenters. The number of rotatable bonds is 10. The number of benzene rings is 6. The molecule has 2 aliphatic carbocycles. The van der Waals surface area contributed by atoms with E-state index >= 15 is 0 Å². The molecule has 0 aliphatic heterocycles. The molecule has 2 nitrogen and oxygen atoms in total. The smallest absolute Gasteiger partial charge is 0.143 e. The highest BCUT2D eigenvalue weighted by Crippen LogP contribution is 2.49. The van der Waals surface area contributed by atoms with Crippen molar-refractivity contribution < 1.29 is 8.83 Å². The van der Waals surface area contributed by atoms with E-state index in [0.717, 1.165) is 78.7 Å². The second-order valence-corrected chi connectivity index (χ2v) is 17.6. The minimum absolute atomic E-state index is 0.657. The van der Waals surface area contributed by atoms with Crippen LogP contribution in [0.4, 0.5) is 0 Å². The molecule has 8 aromatic rings. The SMILES string of the molecule is CCCC1CCC(c2ccc(-c3oc4ccc5c(ccc6oc(-c7ccc(C8CCC(CCC)CC8)cc7)c(-c7ccccc7)c65)c4c3-c3ccccc3)cc2)CC1. The average Bonchev–Trinajstić information content (AvgIpc) is 3.88. The van der Waals surface area contributed by atoms with E-state index < -0.39 is 0 Å². The molecule has 6 aromatic carbocycles. The molecule has 2 heterocycles. The normalized spacial score (nSPS) is 20.0. The minimum Gasteiger partial charge on any atom is -0.455 e. The Bertz CT molecular complexity index is 2440. The Morgan fingerprint density at radius 3 is 1.14 bits per heavy atom. The molecule has 58 heavy (non-hydrogen) atoms. The van der Waals surface area contributed by atoms with Crippen molar-refractivity contribution in [3.05, 3.63) is 145 Å². The third-order valence-electron chi connectivity index (χ3n) is 14.0. The van der Waals surface area contributed by atoms with Gasteiger partial charge in [0, 0.05) is 33.0 Å². The van der Waals surface area contributed by atoms with Crippen LogP contribution >= 0.6 is 0 Å². The lowest BCUT2D eigenvalue weighted by Gasteiger charge is -2.28. The first-order valence-corrected chi connectivity index (χ1v) is 22.4. The van der Waals surface area contributed by atoms with Crippen molar-refractivity contribution in [2.45, 2.75) is 103 Å². The van der Waals surface area contributed by atoms with E-state index in [1.54, 1.807) is 0 Å². The molecule has 0 bridgehead atoms. The number of furan rings is 2. The molecule has 10 rings (SSSR count). The van der Waals surface area contributed by atoms with Crippen molar-refractivity contribution in [2.75, 3.05) is 0 Å². The van der Waals surface area contributed by atoms with Crippen molar-refractivity contribution in [1.29, 1.82) is 0 Å². The Balaban J connectivity index is 1.08. The summed E-state index contributed by atoms with van der Waals surface area (Å²) in [6, 6.07) is 49.2. The Morgan fingerprint density at radius 2 is 0.776 bits per heavy atom. The fourth-order valence-corrected chi connectivity index (χ4v) is 11.0. The van der Waals surface area contributed by atoms with Crippen LogP contribution in [0.15, 0.2) is 142 Å². The highest BCUT2D eigenvalue weighted by molar-refractivity contribution is 6.24. The predicted octanol–water partition coefficient (Wildman–Crippen LogP) is 17.1. The largest absolute Gasteiger partial charge is 0.455 e. The lowest BCUT2D eigenvalue weighted by Crippen LogP contribution is -2.13. The lowest BCUT2D eigenvalue weighted by molar-refractivity contribution is 0.308. The maximum absolute atomic E-state index is 6.93. The molecular weight excluding hydrogens is 705 g/mol. The second kappa shape index (κ2) is 16.1. The number of hydrogen-bond acceptors (Lipinski definition) is 2. The molecule has 0 radical (unpaired) electrons. The standard InChI is InChI=1S/C56H56O2/c1-3-11-37-17-21-39(22-18-37)41-25-29-45(30-26-41)55-51(43-13-7-5-8-14-43)53-47-34-36-50-54(48(47)33-35-49(53)57-55)52(44-15-9-6-10-16-44)56(58-50)46-31-27-42(28-32-46)40-23-19-38(12-4-2)20-24-40/h5-10,13-16,25-40H,3-4,11-12,17-24H2,1-2H3. The van der Waals surface area contributed by atoms with Crippen molar-refractivity contribution in [3.63, 3.8) is 0 Å². The van der Waals surface area contributed by atoms with Gasteiger partial charge in [-0.1, -0.05) is 149 Å². The van der Waals surface area contributed by atoms with Crippen molar-refractivity contribution in [3.8, 4) is 44.9 Å². The fraction of sp³-hybridized carbons (Fsp3) is 0.321. The summed E-state index contributed by atoms with van der Waals surface area (Å²) in [6.45, 7) is 4.65. The van der Waals surface area contributed by atoms with Crippen LogP contribution in [0.25, 0.3) is 77.6 Å². The van der Waals surface area contributed by atoms with Crippen LogP contribution in [-0.4, -0.2) is 0 Å². The third-order valence-corrected chi connectivity index (χ3v) is 14.0. The molecule has 2 aromatic heterocycles. The highest BCUT2D eigenvalue weighted by Gasteiger charge is 2.27. The molecule has 0 N–H and O–H groups in total. The van der Waals surface area contributed by atoms with Crippen LogP contribution in [0, 0.1) is 11.8 Å². The van der Waals surface area contributed by atoms with E-state index in [9.17, 15) is 0 Å². The lowest BCUT2D eigenvalue weighted by atomic mass is 9.77. The van der Waals surface area contributed by atoms with Crippen LogP contribution < -0.4 is 0 Å². The number of fused-ring (bicyclic) bond motifs is 5. The first-order valence-electron chi connectivity index (χ1n) is 22.4. The van der Waals surface area contributed by atoms with Gasteiger partial charge >= 0.3 is 0 Å². The van der Waals surface area contributed by atoms with Gasteiger partial charge in [0.25, 0.3) is 0 Å². The average molecular weight is 761 g/mol. The zero-order chi connectivity index (χ0) is 39.0. The first-order chi connectivity index (χ1) is 28.7. The van der Waals surface area contributed by atoms with E-state index in [0.29, 0.717) is 11.8 Å². The fourth-order valence-electron chi connectivity index (χ4n) is 11.0. The van der Waals surface area contributed by atoms with Gasteiger partial charge in [-0.2, -0.15) is 0 Å². The molecule has 0 saturated heterocycles. The summed E-state index contributed by atoms with van der Waals surface area (Å²) in [4.78, 5) is 0. The van der Waals surface area contributed by atoms with Gasteiger partial charge < -0.3 is 8.83 Å². The molecule has 0 amide bonds. The van der Waals surface area contributed by atoms with Gasteiger partial charge in [0.1, 0.15) is 22.7 Å². The van der Waals surface area contributed by atoms with Crippen LogP contribution in [0.3, 0.4) is 0 Å². The van der Waals surface area contributed by atoms with Gasteiger partial charge in [-0.15, -0.1) is 0 Å². The summed E-state index contributed by atoms with van der Waals surface area (Å²) >= 11 is 0. The summed E-state index contributed by atoms with van der Waals surface area (Å²) in [5, 5.41) is 4.66. The van der Waals surface area contributed by atoms with E-state index in [4.69, 9.17) is 8.83 Å². The third kappa shape index (κ3) is 6.89. The van der Waals surface area contributed by atoms with Crippen molar-refractivity contribution in [1.82, 2.24) is 0 Å². The van der Waals surface area contributed by atoms with Crippen LogP contribution in [0.1, 0.15) is 114 Å². The zero-order valence-electron chi connectivity index (χ0n) is 34.3.